The van der Waals surface area contributed by atoms with E-state index in [0.29, 0.717) is 24.1 Å². The van der Waals surface area contributed by atoms with Gasteiger partial charge in [-0.1, -0.05) is 0 Å². The molecule has 1 atom stereocenters. The van der Waals surface area contributed by atoms with Gasteiger partial charge in [0.1, 0.15) is 16.7 Å². The summed E-state index contributed by atoms with van der Waals surface area (Å²) in [5, 5.41) is 0. The Morgan fingerprint density at radius 1 is 1.23 bits per heavy atom. The number of rotatable bonds is 10. The Morgan fingerprint density at radius 3 is 2.42 bits per heavy atom. The van der Waals surface area contributed by atoms with Crippen LogP contribution in [0.25, 0.3) is 0 Å². The van der Waals surface area contributed by atoms with Gasteiger partial charge < -0.3 is 9.29 Å². The number of benzene rings is 1. The van der Waals surface area contributed by atoms with Gasteiger partial charge in [0.25, 0.3) is 10.1 Å². The second-order valence-electron chi connectivity index (χ2n) is 7.50. The number of ether oxygens (including phenoxy) is 1. The van der Waals surface area contributed by atoms with Crippen LogP contribution in [0.15, 0.2) is 23.1 Å². The van der Waals surface area contributed by atoms with Crippen LogP contribution >= 0.6 is 0 Å². The van der Waals surface area contributed by atoms with E-state index in [-0.39, 0.29) is 66.4 Å². The van der Waals surface area contributed by atoms with Crippen LogP contribution in [0.5, 0.6) is 0 Å². The molecule has 9 nitrogen and oxygen atoms in total. The maximum absolute atomic E-state index is 11.7. The van der Waals surface area contributed by atoms with Gasteiger partial charge in [0.2, 0.25) is 5.69 Å². The fourth-order valence-electron chi connectivity index (χ4n) is 3.85. The predicted octanol–water partition coefficient (Wildman–Crippen LogP) is 1.33. The van der Waals surface area contributed by atoms with Crippen molar-refractivity contribution < 1.29 is 40.0 Å². The molecule has 1 unspecified atom stereocenters. The number of hydrogen-bond acceptors (Lipinski definition) is 7. The van der Waals surface area contributed by atoms with E-state index in [1.54, 1.807) is 6.92 Å². The standard InChI is InChI=1S/C19H27NO8S2.Na.H/c1-4-28-18(21)7-5-10-19(3)14(2)20(11-6-12-29(22,23)24)17-9-8-15(13-16(17)19)30(25,26)27;;/h8-9,13H,4-7,10-12H2,1-3H3,(H-,22,23,24,25,26,27);;. The quantitative estimate of drug-likeness (QED) is 0.226. The first kappa shape index (κ1) is 28.2. The van der Waals surface area contributed by atoms with E-state index in [2.05, 4.69) is 0 Å². The molecule has 1 aliphatic rings. The molecule has 0 radical (unpaired) electrons. The van der Waals surface area contributed by atoms with E-state index >= 15 is 0 Å². The Bertz CT molecular complexity index is 1070. The average molecular weight is 486 g/mol. The van der Waals surface area contributed by atoms with Gasteiger partial charge in [0.05, 0.1) is 22.7 Å². The van der Waals surface area contributed by atoms with Crippen LogP contribution in [0.2, 0.25) is 0 Å². The molecule has 1 heterocycles. The molecule has 0 saturated heterocycles. The van der Waals surface area contributed by atoms with Gasteiger partial charge in [0.15, 0.2) is 5.71 Å². The zero-order valence-electron chi connectivity index (χ0n) is 17.3. The Balaban J connectivity index is 0.00000480. The zero-order valence-corrected chi connectivity index (χ0v) is 18.9. The number of carbonyl (C=O) groups excluding carboxylic acids is 1. The molecule has 170 valence electrons. The molecule has 1 aromatic rings. The van der Waals surface area contributed by atoms with Crippen LogP contribution in [-0.4, -0.2) is 90.7 Å². The number of carbonyl (C=O) groups is 1. The molecule has 0 saturated carbocycles. The van der Waals surface area contributed by atoms with Gasteiger partial charge >= 0.3 is 35.5 Å². The van der Waals surface area contributed by atoms with E-state index in [4.69, 9.17) is 9.29 Å². The molecule has 0 aliphatic carbocycles. The van der Waals surface area contributed by atoms with E-state index in [9.17, 15) is 26.2 Å². The second-order valence-corrected chi connectivity index (χ2v) is 10.5. The molecule has 0 aromatic heterocycles. The minimum absolute atomic E-state index is 0. The summed E-state index contributed by atoms with van der Waals surface area (Å²) >= 11 is 0. The van der Waals surface area contributed by atoms with Crippen LogP contribution in [0.1, 0.15) is 52.0 Å². The SMILES string of the molecule is CCOC(=O)CCCC1(C)C(C)=[N+](CCCS(=O)(=O)O)c2ccc(S(=O)(=O)[O-])cc21.[NaH]. The van der Waals surface area contributed by atoms with Crippen LogP contribution in [0.3, 0.4) is 0 Å². The summed E-state index contributed by atoms with van der Waals surface area (Å²) in [4.78, 5) is 11.4. The first-order valence-electron chi connectivity index (χ1n) is 9.62. The Hall–Kier alpha value is -0.820. The van der Waals surface area contributed by atoms with Gasteiger partial charge in [-0.25, -0.2) is 8.42 Å². The van der Waals surface area contributed by atoms with Crippen molar-refractivity contribution >= 4 is 67.2 Å². The third kappa shape index (κ3) is 7.08. The number of fused-ring (bicyclic) bond motifs is 1. The monoisotopic (exact) mass is 485 g/mol. The van der Waals surface area contributed by atoms with E-state index in [1.807, 2.05) is 18.4 Å². The van der Waals surface area contributed by atoms with E-state index < -0.39 is 31.4 Å². The Labute approximate surface area is 205 Å². The summed E-state index contributed by atoms with van der Waals surface area (Å²) in [6.45, 7) is 6.05. The molecule has 0 amide bonds. The summed E-state index contributed by atoms with van der Waals surface area (Å²) in [6, 6.07) is 4.12. The third-order valence-electron chi connectivity index (χ3n) is 5.49. The van der Waals surface area contributed by atoms with Crippen molar-refractivity contribution in [3.63, 3.8) is 0 Å². The van der Waals surface area contributed by atoms with E-state index in [0.717, 1.165) is 5.71 Å². The first-order chi connectivity index (χ1) is 13.8. The summed E-state index contributed by atoms with van der Waals surface area (Å²) in [7, 11) is -8.75. The summed E-state index contributed by atoms with van der Waals surface area (Å²) in [5.41, 5.74) is 1.50. The number of nitrogens with zero attached hydrogens (tertiary/aromatic N) is 1. The third-order valence-corrected chi connectivity index (χ3v) is 7.13. The summed E-state index contributed by atoms with van der Waals surface area (Å²) < 4.78 is 72.5. The second kappa shape index (κ2) is 10.9. The molecule has 1 aromatic carbocycles. The molecular formula is C19H28NNaO8S2. The summed E-state index contributed by atoms with van der Waals surface area (Å²) in [6.07, 6.45) is 1.35. The van der Waals surface area contributed by atoms with Gasteiger partial charge in [-0.05, 0) is 38.8 Å². The van der Waals surface area contributed by atoms with Gasteiger partial charge in [0, 0.05) is 31.4 Å². The van der Waals surface area contributed by atoms with Crippen molar-refractivity contribution in [3.8, 4) is 0 Å². The molecule has 0 fully saturated rings. The minimum atomic E-state index is -4.65. The topological polar surface area (TPSA) is 141 Å². The summed E-state index contributed by atoms with van der Waals surface area (Å²) in [5.74, 6) is -0.725. The van der Waals surface area contributed by atoms with Crippen molar-refractivity contribution in [3.05, 3.63) is 23.8 Å². The van der Waals surface area contributed by atoms with Gasteiger partial charge in [-0.2, -0.15) is 13.0 Å². The molecule has 0 spiro atoms. The maximum atomic E-state index is 11.7. The van der Waals surface area contributed by atoms with Crippen molar-refractivity contribution in [2.24, 2.45) is 0 Å². The molecule has 0 bridgehead atoms. The fraction of sp³-hybridized carbons (Fsp3) is 0.579. The Morgan fingerprint density at radius 2 is 1.87 bits per heavy atom. The zero-order chi connectivity index (χ0) is 22.7. The van der Waals surface area contributed by atoms with Crippen LogP contribution in [0, 0.1) is 0 Å². The van der Waals surface area contributed by atoms with E-state index in [1.165, 1.54) is 18.2 Å². The molecule has 1 N–H and O–H groups in total. The first-order valence-corrected chi connectivity index (χ1v) is 12.6. The Kier molecular flexibility index (Phi) is 9.89. The van der Waals surface area contributed by atoms with Crippen LogP contribution < -0.4 is 0 Å². The number of esters is 1. The van der Waals surface area contributed by atoms with Crippen molar-refractivity contribution in [1.82, 2.24) is 0 Å². The number of hydrogen-bond donors (Lipinski definition) is 1. The molecule has 31 heavy (non-hydrogen) atoms. The van der Waals surface area contributed by atoms with Gasteiger partial charge in [-0.15, -0.1) is 0 Å². The molecule has 12 heteroatoms. The normalized spacial score (nSPS) is 18.5. The van der Waals surface area contributed by atoms with Crippen molar-refractivity contribution in [2.45, 2.75) is 56.8 Å². The predicted molar refractivity (Wildman–Crippen MR) is 116 cm³/mol. The van der Waals surface area contributed by atoms with Crippen molar-refractivity contribution in [2.75, 3.05) is 18.9 Å². The molecule has 2 rings (SSSR count). The fourth-order valence-corrected chi connectivity index (χ4v) is 4.84. The molecule has 1 aliphatic heterocycles. The molecular weight excluding hydrogens is 457 g/mol. The van der Waals surface area contributed by atoms with Crippen molar-refractivity contribution in [1.29, 1.82) is 0 Å². The van der Waals surface area contributed by atoms with Crippen LogP contribution in [-0.2, 0) is 35.2 Å². The average Bonchev–Trinajstić information content (AvgIpc) is 2.82. The van der Waals surface area contributed by atoms with Gasteiger partial charge in [-0.3, -0.25) is 9.35 Å². The van der Waals surface area contributed by atoms with Crippen LogP contribution in [0.4, 0.5) is 5.69 Å².